The molecule has 0 N–H and O–H groups in total. The molecule has 0 aliphatic rings. The monoisotopic (exact) mass is 454 g/mol. The molecule has 0 bridgehead atoms. The number of thiophene rings is 1. The molecule has 166 valence electrons. The van der Waals surface area contributed by atoms with Gasteiger partial charge in [-0.1, -0.05) is 77.9 Å². The molecule has 4 aromatic heterocycles. The lowest BCUT2D eigenvalue weighted by molar-refractivity contribution is 0.492. The highest BCUT2D eigenvalue weighted by molar-refractivity contribution is 7.25. The van der Waals surface area contributed by atoms with E-state index in [4.69, 9.17) is 19.4 Å². The predicted octanol–water partition coefficient (Wildman–Crippen LogP) is 7.52. The molecule has 33 heavy (non-hydrogen) atoms. The van der Waals surface area contributed by atoms with Crippen molar-refractivity contribution in [1.29, 1.82) is 0 Å². The van der Waals surface area contributed by atoms with E-state index in [1.54, 1.807) is 11.3 Å². The van der Waals surface area contributed by atoms with Crippen LogP contribution in [0.15, 0.2) is 52.9 Å². The minimum atomic E-state index is -0.211. The van der Waals surface area contributed by atoms with Crippen LogP contribution in [0.1, 0.15) is 53.2 Å². The highest BCUT2D eigenvalue weighted by atomic mass is 32.1. The van der Waals surface area contributed by atoms with E-state index in [0.717, 1.165) is 38.5 Å². The molecule has 4 heterocycles. The first-order valence-corrected chi connectivity index (χ1v) is 12.1. The molecule has 2 aromatic carbocycles. The molecule has 0 fully saturated rings. The second-order valence-corrected chi connectivity index (χ2v) is 11.7. The van der Waals surface area contributed by atoms with Crippen LogP contribution in [-0.2, 0) is 10.8 Å². The first-order chi connectivity index (χ1) is 15.6. The van der Waals surface area contributed by atoms with Crippen LogP contribution in [-0.4, -0.2) is 19.5 Å². The van der Waals surface area contributed by atoms with Crippen LogP contribution >= 0.6 is 11.3 Å². The average Bonchev–Trinajstić information content (AvgIpc) is 3.38. The SMILES string of the molecule is CC(C)(C)c1nc(-n2c3oc4ccccc4c3c3c4ccccc4sc32)nc(C(C)(C)C)n1. The summed E-state index contributed by atoms with van der Waals surface area (Å²) in [7, 11) is 0. The molecule has 0 atom stereocenters. The first kappa shape index (κ1) is 20.4. The van der Waals surface area contributed by atoms with Crippen molar-refractivity contribution in [2.24, 2.45) is 0 Å². The van der Waals surface area contributed by atoms with Gasteiger partial charge < -0.3 is 4.42 Å². The number of furan rings is 1. The van der Waals surface area contributed by atoms with Gasteiger partial charge in [0.1, 0.15) is 22.1 Å². The Morgan fingerprint density at radius 2 is 1.33 bits per heavy atom. The van der Waals surface area contributed by atoms with Crippen molar-refractivity contribution in [3.8, 4) is 5.95 Å². The molecule has 0 saturated heterocycles. The topological polar surface area (TPSA) is 56.7 Å². The standard InChI is InChI=1S/C27H26N4OS/c1-26(2,3)23-28-24(27(4,5)6)30-25(29-23)31-21-19(15-11-7-9-13-17(15)32-21)20-16-12-8-10-14-18(16)33-22(20)31/h7-14H,1-6H3. The fourth-order valence-corrected chi connectivity index (χ4v) is 5.48. The summed E-state index contributed by atoms with van der Waals surface area (Å²) in [5.41, 5.74) is 1.23. The molecule has 0 aliphatic heterocycles. The van der Waals surface area contributed by atoms with Gasteiger partial charge in [-0.2, -0.15) is 9.97 Å². The van der Waals surface area contributed by atoms with Crippen LogP contribution in [0.4, 0.5) is 0 Å². The van der Waals surface area contributed by atoms with Crippen molar-refractivity contribution in [3.05, 3.63) is 60.2 Å². The number of rotatable bonds is 1. The number of aromatic nitrogens is 4. The minimum Gasteiger partial charge on any atom is -0.439 e. The van der Waals surface area contributed by atoms with E-state index in [-0.39, 0.29) is 10.8 Å². The Bertz CT molecular complexity index is 1570. The van der Waals surface area contributed by atoms with Crippen LogP contribution < -0.4 is 0 Å². The van der Waals surface area contributed by atoms with Crippen molar-refractivity contribution in [2.75, 3.05) is 0 Å². The number of nitrogens with zero attached hydrogens (tertiary/aromatic N) is 4. The molecule has 6 aromatic rings. The van der Waals surface area contributed by atoms with Crippen LogP contribution in [0, 0.1) is 0 Å². The number of hydrogen-bond acceptors (Lipinski definition) is 5. The van der Waals surface area contributed by atoms with E-state index in [1.807, 2.05) is 12.1 Å². The summed E-state index contributed by atoms with van der Waals surface area (Å²) < 4.78 is 9.79. The normalized spacial score (nSPS) is 13.2. The van der Waals surface area contributed by atoms with Crippen LogP contribution in [0.2, 0.25) is 0 Å². The molecule has 0 aliphatic carbocycles. The molecule has 0 spiro atoms. The quantitative estimate of drug-likeness (QED) is 0.258. The van der Waals surface area contributed by atoms with Gasteiger partial charge in [-0.15, -0.1) is 11.3 Å². The maximum absolute atomic E-state index is 6.45. The fourth-order valence-electron chi connectivity index (χ4n) is 4.27. The van der Waals surface area contributed by atoms with Gasteiger partial charge in [-0.3, -0.25) is 0 Å². The number of para-hydroxylation sites is 1. The van der Waals surface area contributed by atoms with Crippen LogP contribution in [0.5, 0.6) is 0 Å². The van der Waals surface area contributed by atoms with E-state index in [1.165, 1.54) is 15.5 Å². The van der Waals surface area contributed by atoms with Gasteiger partial charge in [-0.25, -0.2) is 9.55 Å². The molecule has 0 amide bonds. The molecule has 6 heteroatoms. The minimum absolute atomic E-state index is 0.211. The highest BCUT2D eigenvalue weighted by Gasteiger charge is 2.29. The van der Waals surface area contributed by atoms with E-state index in [2.05, 4.69) is 82.5 Å². The third-order valence-corrected chi connectivity index (χ3v) is 7.13. The van der Waals surface area contributed by atoms with Crippen molar-refractivity contribution in [3.63, 3.8) is 0 Å². The van der Waals surface area contributed by atoms with E-state index in [0.29, 0.717) is 5.95 Å². The van der Waals surface area contributed by atoms with Gasteiger partial charge in [0.15, 0.2) is 0 Å². The largest absolute Gasteiger partial charge is 0.439 e. The zero-order valence-electron chi connectivity index (χ0n) is 19.7. The van der Waals surface area contributed by atoms with Crippen LogP contribution in [0.3, 0.4) is 0 Å². The summed E-state index contributed by atoms with van der Waals surface area (Å²) in [6, 6.07) is 16.8. The lowest BCUT2D eigenvalue weighted by Gasteiger charge is -2.22. The molecular formula is C27H26N4OS. The number of fused-ring (bicyclic) bond motifs is 7. The Labute approximate surface area is 196 Å². The van der Waals surface area contributed by atoms with Crippen LogP contribution in [0.25, 0.3) is 48.3 Å². The maximum atomic E-state index is 6.45. The molecule has 5 nitrogen and oxygen atoms in total. The summed E-state index contributed by atoms with van der Waals surface area (Å²) in [5.74, 6) is 2.18. The zero-order valence-corrected chi connectivity index (χ0v) is 20.5. The average molecular weight is 455 g/mol. The highest BCUT2D eigenvalue weighted by Crippen LogP contribution is 2.45. The van der Waals surface area contributed by atoms with Gasteiger partial charge in [0.2, 0.25) is 11.7 Å². The maximum Gasteiger partial charge on any atom is 0.241 e. The van der Waals surface area contributed by atoms with Gasteiger partial charge in [-0.05, 0) is 12.1 Å². The molecule has 0 radical (unpaired) electrons. The molecular weight excluding hydrogens is 428 g/mol. The Kier molecular flexibility index (Phi) is 4.10. The van der Waals surface area contributed by atoms with Crippen molar-refractivity contribution < 1.29 is 4.42 Å². The smallest absolute Gasteiger partial charge is 0.241 e. The summed E-state index contributed by atoms with van der Waals surface area (Å²) in [4.78, 5) is 15.9. The van der Waals surface area contributed by atoms with E-state index in [9.17, 15) is 0 Å². The zero-order chi connectivity index (χ0) is 23.1. The van der Waals surface area contributed by atoms with Crippen molar-refractivity contribution >= 4 is 53.7 Å². The van der Waals surface area contributed by atoms with Gasteiger partial charge in [0, 0.05) is 31.7 Å². The number of hydrogen-bond donors (Lipinski definition) is 0. The molecule has 6 rings (SSSR count). The summed E-state index contributed by atoms with van der Waals surface area (Å²) >= 11 is 1.75. The fraction of sp³-hybridized carbons (Fsp3) is 0.296. The predicted molar refractivity (Wildman–Crippen MR) is 137 cm³/mol. The van der Waals surface area contributed by atoms with Gasteiger partial charge >= 0.3 is 0 Å². The third kappa shape index (κ3) is 3.00. The molecule has 0 saturated carbocycles. The Morgan fingerprint density at radius 1 is 0.727 bits per heavy atom. The van der Waals surface area contributed by atoms with E-state index < -0.39 is 0 Å². The second-order valence-electron chi connectivity index (χ2n) is 10.7. The Hall–Kier alpha value is -3.25. The molecule has 0 unspecified atom stereocenters. The third-order valence-electron chi connectivity index (χ3n) is 5.98. The van der Waals surface area contributed by atoms with Crippen molar-refractivity contribution in [1.82, 2.24) is 19.5 Å². The second kappa shape index (κ2) is 6.64. The lowest BCUT2D eigenvalue weighted by atomic mass is 9.93. The van der Waals surface area contributed by atoms with Gasteiger partial charge in [0.05, 0.1) is 5.39 Å². The van der Waals surface area contributed by atoms with Gasteiger partial charge in [0.25, 0.3) is 0 Å². The summed E-state index contributed by atoms with van der Waals surface area (Å²) in [6.07, 6.45) is 0. The number of benzene rings is 2. The lowest BCUT2D eigenvalue weighted by Crippen LogP contribution is -2.25. The first-order valence-electron chi connectivity index (χ1n) is 11.2. The summed E-state index contributed by atoms with van der Waals surface area (Å²) in [6.45, 7) is 12.8. The Morgan fingerprint density at radius 3 is 2.00 bits per heavy atom. The van der Waals surface area contributed by atoms with Crippen molar-refractivity contribution in [2.45, 2.75) is 52.4 Å². The van der Waals surface area contributed by atoms with E-state index >= 15 is 0 Å². The Balaban J connectivity index is 1.82. The summed E-state index contributed by atoms with van der Waals surface area (Å²) in [5, 5.41) is 4.66.